The number of amides is 2. The average Bonchev–Trinajstić information content (AvgIpc) is 3.53. The van der Waals surface area contributed by atoms with Crippen molar-refractivity contribution < 1.29 is 24.3 Å². The van der Waals surface area contributed by atoms with E-state index in [-0.39, 0.29) is 34.6 Å². The Labute approximate surface area is 228 Å². The van der Waals surface area contributed by atoms with Crippen molar-refractivity contribution in [3.63, 3.8) is 0 Å². The quantitative estimate of drug-likeness (QED) is 0.0587. The fraction of sp³-hybridized carbons (Fsp3) is 0.400. The van der Waals surface area contributed by atoms with Crippen LogP contribution in [-0.2, 0) is 25.8 Å². The molecule has 15 nitrogen and oxygen atoms in total. The molecule has 1 unspecified atom stereocenters. The lowest BCUT2D eigenvalue weighted by molar-refractivity contribution is -0.150. The first-order valence-corrected chi connectivity index (χ1v) is 14.1. The number of rotatable bonds is 13. The number of tetrazole rings is 1. The average molecular weight is 581 g/mol. The largest absolute Gasteiger partial charge is 0.477 e. The molecule has 2 aliphatic rings. The van der Waals surface area contributed by atoms with Crippen LogP contribution < -0.4 is 16.8 Å². The van der Waals surface area contributed by atoms with Crippen molar-refractivity contribution in [1.82, 2.24) is 35.4 Å². The van der Waals surface area contributed by atoms with Crippen LogP contribution in [0.1, 0.15) is 12.1 Å². The molecule has 2 aromatic heterocycles. The predicted molar refractivity (Wildman–Crippen MR) is 141 cm³/mol. The molecule has 0 aromatic carbocycles. The van der Waals surface area contributed by atoms with E-state index in [1.165, 1.54) is 33.1 Å². The van der Waals surface area contributed by atoms with Gasteiger partial charge in [-0.3, -0.25) is 14.5 Å². The topological polar surface area (TPSA) is 217 Å². The van der Waals surface area contributed by atoms with Gasteiger partial charge >= 0.3 is 5.97 Å². The van der Waals surface area contributed by atoms with Crippen molar-refractivity contribution in [3.05, 3.63) is 35.0 Å². The van der Waals surface area contributed by atoms with E-state index in [4.69, 9.17) is 16.3 Å². The van der Waals surface area contributed by atoms with Crippen molar-refractivity contribution >= 4 is 63.5 Å². The molecular weight excluding hydrogens is 556 g/mol. The lowest BCUT2D eigenvalue weighted by Crippen LogP contribution is -2.71. The molecule has 0 radical (unpaired) electrons. The minimum atomic E-state index is -1.23. The molecule has 0 aliphatic carbocycles. The van der Waals surface area contributed by atoms with Gasteiger partial charge in [-0.15, -0.1) is 34.8 Å². The standard InChI is InChI=1S/C20H24N10O5S3/c1-2-5-29-20(25-27-28-29)38-8-10-7-36-17-13(16(32)30(17)14(10)18(33)34)24-15(31)12(26-35-6-3-4-21)11-9-37-19(22)23-11/h2,9,13,17H,1,3-8,21H2,(H2,22,23)(H,24,31)(H,33,34)/t13?,17-/m1/s1. The second-order valence-electron chi connectivity index (χ2n) is 7.83. The van der Waals surface area contributed by atoms with Crippen molar-refractivity contribution in [2.45, 2.75) is 29.5 Å². The molecule has 0 saturated carbocycles. The number of thiazole rings is 1. The van der Waals surface area contributed by atoms with E-state index < -0.39 is 29.2 Å². The Balaban J connectivity index is 1.47. The van der Waals surface area contributed by atoms with Crippen molar-refractivity contribution in [3.8, 4) is 0 Å². The summed E-state index contributed by atoms with van der Waals surface area (Å²) >= 11 is 3.73. The third-order valence-corrected chi connectivity index (χ3v) is 8.35. The number of nitrogens with two attached hydrogens (primary N) is 2. The summed E-state index contributed by atoms with van der Waals surface area (Å²) in [6.45, 7) is 4.64. The molecule has 1 fully saturated rings. The second-order valence-corrected chi connectivity index (χ2v) is 10.8. The SMILES string of the molecule is C=CCn1nnnc1SCC1=C(C(=O)O)N2C(=O)C(NC(=O)C(=NOCCCN)c3csc(N)n3)[C@H]2SC1. The van der Waals surface area contributed by atoms with Crippen LogP contribution >= 0.6 is 34.9 Å². The maximum absolute atomic E-state index is 13.1. The number of anilines is 1. The van der Waals surface area contributed by atoms with E-state index in [0.717, 1.165) is 11.3 Å². The maximum Gasteiger partial charge on any atom is 0.352 e. The number of nitrogens with zero attached hydrogens (tertiary/aromatic N) is 7. The smallest absolute Gasteiger partial charge is 0.352 e. The van der Waals surface area contributed by atoms with Crippen LogP contribution in [0.5, 0.6) is 0 Å². The van der Waals surface area contributed by atoms with Gasteiger partial charge in [0.25, 0.3) is 11.8 Å². The first kappa shape index (κ1) is 27.6. The molecule has 2 aromatic rings. The molecule has 0 bridgehead atoms. The highest BCUT2D eigenvalue weighted by Crippen LogP contribution is 2.41. The zero-order valence-electron chi connectivity index (χ0n) is 19.8. The first-order valence-electron chi connectivity index (χ1n) is 11.2. The summed E-state index contributed by atoms with van der Waals surface area (Å²) in [6, 6.07) is -0.957. The van der Waals surface area contributed by atoms with Gasteiger partial charge in [-0.1, -0.05) is 23.0 Å². The number of fused-ring (bicyclic) bond motifs is 1. The number of nitrogen functional groups attached to an aromatic ring is 1. The van der Waals surface area contributed by atoms with E-state index in [0.29, 0.717) is 36.0 Å². The summed E-state index contributed by atoms with van der Waals surface area (Å²) < 4.78 is 1.53. The predicted octanol–water partition coefficient (Wildman–Crippen LogP) is -0.502. The minimum absolute atomic E-state index is 0.106. The van der Waals surface area contributed by atoms with E-state index in [9.17, 15) is 19.5 Å². The van der Waals surface area contributed by atoms with Crippen LogP contribution in [0.2, 0.25) is 0 Å². The number of carboxylic acids is 1. The monoisotopic (exact) mass is 580 g/mol. The molecule has 38 heavy (non-hydrogen) atoms. The third-order valence-electron chi connectivity index (χ3n) is 5.29. The van der Waals surface area contributed by atoms with Crippen molar-refractivity contribution in [2.24, 2.45) is 10.9 Å². The number of β-lactam (4-membered cyclic amide) rings is 1. The fourth-order valence-corrected chi connectivity index (χ4v) is 6.47. The number of oxime groups is 1. The number of carboxylic acid groups (broad SMARTS) is 1. The normalized spacial score (nSPS) is 19.1. The van der Waals surface area contributed by atoms with Crippen LogP contribution in [0.4, 0.5) is 5.13 Å². The van der Waals surface area contributed by atoms with Crippen LogP contribution in [-0.4, -0.2) is 94.8 Å². The van der Waals surface area contributed by atoms with Gasteiger partial charge in [0, 0.05) is 16.9 Å². The molecule has 2 atom stereocenters. The number of aliphatic carboxylic acids is 1. The maximum atomic E-state index is 13.1. The van der Waals surface area contributed by atoms with Gasteiger partial charge in [-0.25, -0.2) is 14.5 Å². The van der Waals surface area contributed by atoms with Crippen molar-refractivity contribution in [1.29, 1.82) is 0 Å². The molecule has 0 spiro atoms. The Bertz CT molecular complexity index is 1290. The number of allylic oxidation sites excluding steroid dienone is 1. The van der Waals surface area contributed by atoms with Crippen molar-refractivity contribution in [2.75, 3.05) is 30.4 Å². The van der Waals surface area contributed by atoms with Gasteiger partial charge in [-0.05, 0) is 29.0 Å². The summed E-state index contributed by atoms with van der Waals surface area (Å²) in [5, 5.41) is 29.6. The number of carbonyl (C=O) groups is 3. The summed E-state index contributed by atoms with van der Waals surface area (Å²) in [6.07, 6.45) is 2.17. The summed E-state index contributed by atoms with van der Waals surface area (Å²) in [4.78, 5) is 48.7. The zero-order valence-corrected chi connectivity index (χ0v) is 22.3. The molecule has 1 saturated heterocycles. The van der Waals surface area contributed by atoms with Gasteiger partial charge in [-0.2, -0.15) is 0 Å². The van der Waals surface area contributed by atoms with Crippen LogP contribution in [0.3, 0.4) is 0 Å². The number of hydrogen-bond donors (Lipinski definition) is 4. The molecule has 2 amide bonds. The van der Waals surface area contributed by atoms with Crippen LogP contribution in [0.25, 0.3) is 0 Å². The Kier molecular flexibility index (Phi) is 8.97. The third kappa shape index (κ3) is 5.82. The molecule has 18 heteroatoms. The Hall–Kier alpha value is -3.48. The fourth-order valence-electron chi connectivity index (χ4n) is 3.55. The Morgan fingerprint density at radius 3 is 2.95 bits per heavy atom. The molecule has 202 valence electrons. The van der Waals surface area contributed by atoms with Gasteiger partial charge < -0.3 is 26.7 Å². The summed E-state index contributed by atoms with van der Waals surface area (Å²) in [5.74, 6) is -1.87. The number of hydrogen-bond acceptors (Lipinski definition) is 14. The Morgan fingerprint density at radius 2 is 2.26 bits per heavy atom. The molecule has 6 N–H and O–H groups in total. The zero-order chi connectivity index (χ0) is 27.2. The highest BCUT2D eigenvalue weighted by Gasteiger charge is 2.54. The number of carbonyl (C=O) groups excluding carboxylic acids is 2. The van der Waals surface area contributed by atoms with E-state index in [1.807, 2.05) is 0 Å². The summed E-state index contributed by atoms with van der Waals surface area (Å²) in [7, 11) is 0. The summed E-state index contributed by atoms with van der Waals surface area (Å²) in [5.41, 5.74) is 11.6. The van der Waals surface area contributed by atoms with Gasteiger partial charge in [0.2, 0.25) is 5.16 Å². The molecule has 4 heterocycles. The van der Waals surface area contributed by atoms with E-state index >= 15 is 0 Å². The highest BCUT2D eigenvalue weighted by molar-refractivity contribution is 8.01. The van der Waals surface area contributed by atoms with Crippen LogP contribution in [0.15, 0.2) is 39.6 Å². The number of nitrogens with one attached hydrogen (secondary N) is 1. The van der Waals surface area contributed by atoms with E-state index in [2.05, 4.69) is 37.6 Å². The second kappa shape index (κ2) is 12.4. The number of aromatic nitrogens is 5. The molecule has 2 aliphatic heterocycles. The lowest BCUT2D eigenvalue weighted by atomic mass is 10.0. The van der Waals surface area contributed by atoms with E-state index in [1.54, 1.807) is 11.5 Å². The Morgan fingerprint density at radius 1 is 1.45 bits per heavy atom. The first-order chi connectivity index (χ1) is 18.3. The van der Waals surface area contributed by atoms with Crippen LogP contribution in [0, 0.1) is 0 Å². The molecular formula is C20H24N10O5S3. The van der Waals surface area contributed by atoms with Gasteiger partial charge in [0.05, 0.1) is 6.54 Å². The van der Waals surface area contributed by atoms with Gasteiger partial charge in [0.15, 0.2) is 10.8 Å². The van der Waals surface area contributed by atoms with Gasteiger partial charge in [0.1, 0.15) is 29.4 Å². The highest BCUT2D eigenvalue weighted by atomic mass is 32.2. The molecule has 4 rings (SSSR count). The lowest BCUT2D eigenvalue weighted by Gasteiger charge is -2.49. The minimum Gasteiger partial charge on any atom is -0.477 e. The number of thioether (sulfide) groups is 2.